The standard InChI is InChI=1S/C14H14ClNO4/c1-14(2,3)20-10(17)7-16-11-8(12(18)13(16)19)5-4-6-9(11)15/h4-6H,7H2,1-3H3. The first-order valence-electron chi connectivity index (χ1n) is 6.07. The van der Waals surface area contributed by atoms with Crippen LogP contribution in [0.2, 0.25) is 5.02 Å². The van der Waals surface area contributed by atoms with Crippen LogP contribution in [0.15, 0.2) is 18.2 Å². The number of fused-ring (bicyclic) bond motifs is 1. The quantitative estimate of drug-likeness (QED) is 0.620. The number of esters is 1. The Bertz CT molecular complexity index is 604. The van der Waals surface area contributed by atoms with E-state index in [4.69, 9.17) is 16.3 Å². The third kappa shape index (κ3) is 2.67. The number of benzene rings is 1. The number of hydrogen-bond acceptors (Lipinski definition) is 4. The molecule has 6 heteroatoms. The zero-order valence-corrected chi connectivity index (χ0v) is 12.2. The molecule has 1 aliphatic rings. The minimum absolute atomic E-state index is 0.214. The molecule has 5 nitrogen and oxygen atoms in total. The molecule has 2 rings (SSSR count). The second-order valence-corrected chi connectivity index (χ2v) is 5.85. The predicted octanol–water partition coefficient (Wildman–Crippen LogP) is 2.21. The summed E-state index contributed by atoms with van der Waals surface area (Å²) >= 11 is 6.01. The Morgan fingerprint density at radius 3 is 2.55 bits per heavy atom. The number of rotatable bonds is 2. The van der Waals surface area contributed by atoms with Gasteiger partial charge in [-0.05, 0) is 32.9 Å². The Labute approximate surface area is 121 Å². The van der Waals surface area contributed by atoms with Crippen molar-refractivity contribution in [3.8, 4) is 0 Å². The van der Waals surface area contributed by atoms with Gasteiger partial charge < -0.3 is 4.74 Å². The summed E-state index contributed by atoms with van der Waals surface area (Å²) in [4.78, 5) is 36.6. The summed E-state index contributed by atoms with van der Waals surface area (Å²) in [6, 6.07) is 4.66. The third-order valence-electron chi connectivity index (χ3n) is 2.65. The summed E-state index contributed by atoms with van der Waals surface area (Å²) < 4.78 is 5.15. The lowest BCUT2D eigenvalue weighted by Gasteiger charge is -2.22. The molecule has 1 heterocycles. The van der Waals surface area contributed by atoms with Crippen LogP contribution in [-0.2, 0) is 14.3 Å². The number of para-hydroxylation sites is 1. The van der Waals surface area contributed by atoms with Crippen LogP contribution in [0.1, 0.15) is 31.1 Å². The number of carbonyl (C=O) groups excluding carboxylic acids is 3. The van der Waals surface area contributed by atoms with Crippen molar-refractivity contribution in [3.05, 3.63) is 28.8 Å². The predicted molar refractivity (Wildman–Crippen MR) is 74.0 cm³/mol. The van der Waals surface area contributed by atoms with Crippen molar-refractivity contribution in [3.63, 3.8) is 0 Å². The Hall–Kier alpha value is -1.88. The van der Waals surface area contributed by atoms with Gasteiger partial charge in [0.1, 0.15) is 12.1 Å². The second-order valence-electron chi connectivity index (χ2n) is 5.44. The summed E-state index contributed by atoms with van der Waals surface area (Å²) in [6.45, 7) is 4.84. The molecule has 1 aromatic carbocycles. The van der Waals surface area contributed by atoms with Gasteiger partial charge in [-0.15, -0.1) is 0 Å². The first-order valence-corrected chi connectivity index (χ1v) is 6.45. The van der Waals surface area contributed by atoms with Gasteiger partial charge in [0.25, 0.3) is 11.7 Å². The normalized spacial score (nSPS) is 14.5. The minimum atomic E-state index is -0.765. The van der Waals surface area contributed by atoms with Crippen molar-refractivity contribution in [2.75, 3.05) is 11.4 Å². The maximum absolute atomic E-state index is 11.9. The van der Waals surface area contributed by atoms with E-state index >= 15 is 0 Å². The van der Waals surface area contributed by atoms with E-state index in [-0.39, 0.29) is 22.8 Å². The summed E-state index contributed by atoms with van der Waals surface area (Å²) in [5.74, 6) is -2.02. The lowest BCUT2D eigenvalue weighted by molar-refractivity contribution is -0.153. The van der Waals surface area contributed by atoms with Crippen molar-refractivity contribution >= 4 is 34.9 Å². The summed E-state index contributed by atoms with van der Waals surface area (Å²) in [5.41, 5.74) is -0.172. The zero-order valence-electron chi connectivity index (χ0n) is 11.4. The minimum Gasteiger partial charge on any atom is -0.459 e. The van der Waals surface area contributed by atoms with Crippen LogP contribution >= 0.6 is 11.6 Å². The summed E-state index contributed by atoms with van der Waals surface area (Å²) in [7, 11) is 0. The molecular weight excluding hydrogens is 282 g/mol. The number of hydrogen-bond donors (Lipinski definition) is 0. The molecule has 0 bridgehead atoms. The van der Waals surface area contributed by atoms with Crippen LogP contribution in [0.25, 0.3) is 0 Å². The van der Waals surface area contributed by atoms with Crippen molar-refractivity contribution in [1.82, 2.24) is 0 Å². The van der Waals surface area contributed by atoms with Gasteiger partial charge in [-0.3, -0.25) is 19.3 Å². The highest BCUT2D eigenvalue weighted by Crippen LogP contribution is 2.35. The van der Waals surface area contributed by atoms with E-state index in [0.717, 1.165) is 4.90 Å². The van der Waals surface area contributed by atoms with Gasteiger partial charge in [-0.1, -0.05) is 17.7 Å². The average Bonchev–Trinajstić information content (AvgIpc) is 2.53. The fraction of sp³-hybridized carbons (Fsp3) is 0.357. The molecule has 106 valence electrons. The van der Waals surface area contributed by atoms with Gasteiger partial charge in [-0.2, -0.15) is 0 Å². The monoisotopic (exact) mass is 295 g/mol. The molecule has 0 spiro atoms. The van der Waals surface area contributed by atoms with Gasteiger partial charge >= 0.3 is 5.97 Å². The molecule has 0 N–H and O–H groups in total. The Morgan fingerprint density at radius 1 is 1.30 bits per heavy atom. The molecule has 1 aliphatic heterocycles. The number of Topliss-reactive ketones (excluding diaryl/α,β-unsaturated/α-hetero) is 1. The number of halogens is 1. The third-order valence-corrected chi connectivity index (χ3v) is 2.95. The largest absolute Gasteiger partial charge is 0.459 e. The molecule has 1 amide bonds. The summed E-state index contributed by atoms with van der Waals surface area (Å²) in [5, 5.41) is 0.255. The van der Waals surface area contributed by atoms with E-state index < -0.39 is 23.3 Å². The molecule has 0 aliphatic carbocycles. The van der Waals surface area contributed by atoms with Gasteiger partial charge in [0.2, 0.25) is 0 Å². The maximum atomic E-state index is 11.9. The first kappa shape index (κ1) is 14.5. The highest BCUT2D eigenvalue weighted by molar-refractivity contribution is 6.54. The van der Waals surface area contributed by atoms with Crippen LogP contribution in [0, 0.1) is 0 Å². The number of amides is 1. The number of carbonyl (C=O) groups is 3. The fourth-order valence-electron chi connectivity index (χ4n) is 1.97. The second kappa shape index (κ2) is 4.90. The summed E-state index contributed by atoms with van der Waals surface area (Å²) in [6.07, 6.45) is 0. The number of anilines is 1. The molecule has 0 aromatic heterocycles. The van der Waals surface area contributed by atoms with Crippen molar-refractivity contribution < 1.29 is 19.1 Å². The van der Waals surface area contributed by atoms with Gasteiger partial charge in [0, 0.05) is 0 Å². The topological polar surface area (TPSA) is 63.7 Å². The van der Waals surface area contributed by atoms with Crippen LogP contribution in [0.4, 0.5) is 5.69 Å². The van der Waals surface area contributed by atoms with Crippen molar-refractivity contribution in [2.24, 2.45) is 0 Å². The van der Waals surface area contributed by atoms with Crippen LogP contribution < -0.4 is 4.90 Å². The van der Waals surface area contributed by atoms with E-state index in [1.54, 1.807) is 32.9 Å². The molecule has 20 heavy (non-hydrogen) atoms. The molecule has 0 atom stereocenters. The van der Waals surface area contributed by atoms with E-state index in [1.165, 1.54) is 6.07 Å². The molecule has 1 aromatic rings. The lowest BCUT2D eigenvalue weighted by Crippen LogP contribution is -2.38. The van der Waals surface area contributed by atoms with Crippen molar-refractivity contribution in [2.45, 2.75) is 26.4 Å². The average molecular weight is 296 g/mol. The fourth-order valence-corrected chi connectivity index (χ4v) is 2.24. The highest BCUT2D eigenvalue weighted by atomic mass is 35.5. The number of ketones is 1. The maximum Gasteiger partial charge on any atom is 0.326 e. The molecule has 0 fully saturated rings. The van der Waals surface area contributed by atoms with Gasteiger partial charge in [-0.25, -0.2) is 0 Å². The molecule has 0 radical (unpaired) electrons. The Kier molecular flexibility index (Phi) is 3.56. The molecular formula is C14H14ClNO4. The smallest absolute Gasteiger partial charge is 0.326 e. The Balaban J connectivity index is 2.29. The van der Waals surface area contributed by atoms with Crippen LogP contribution in [0.3, 0.4) is 0 Å². The van der Waals surface area contributed by atoms with E-state index in [2.05, 4.69) is 0 Å². The Morgan fingerprint density at radius 2 is 1.95 bits per heavy atom. The number of ether oxygens (including phenoxy) is 1. The lowest BCUT2D eigenvalue weighted by atomic mass is 10.1. The van der Waals surface area contributed by atoms with E-state index in [1.807, 2.05) is 0 Å². The SMILES string of the molecule is CC(C)(C)OC(=O)CN1C(=O)C(=O)c2cccc(Cl)c21. The molecule has 0 saturated heterocycles. The molecule has 0 saturated carbocycles. The first-order chi connectivity index (χ1) is 9.20. The van der Waals surface area contributed by atoms with Gasteiger partial charge in [0.05, 0.1) is 16.3 Å². The van der Waals surface area contributed by atoms with Crippen molar-refractivity contribution in [1.29, 1.82) is 0 Å². The number of nitrogens with zero attached hydrogens (tertiary/aromatic N) is 1. The highest BCUT2D eigenvalue weighted by Gasteiger charge is 2.38. The zero-order chi connectivity index (χ0) is 15.1. The van der Waals surface area contributed by atoms with E-state index in [9.17, 15) is 14.4 Å². The van der Waals surface area contributed by atoms with E-state index in [0.29, 0.717) is 0 Å². The van der Waals surface area contributed by atoms with Crippen LogP contribution in [0.5, 0.6) is 0 Å². The van der Waals surface area contributed by atoms with Crippen LogP contribution in [-0.4, -0.2) is 29.8 Å². The van der Waals surface area contributed by atoms with Gasteiger partial charge in [0.15, 0.2) is 0 Å². The molecule has 0 unspecified atom stereocenters.